The highest BCUT2D eigenvalue weighted by Crippen LogP contribution is 2.51. The Morgan fingerprint density at radius 1 is 0.774 bits per heavy atom. The number of benzene rings is 1. The van der Waals surface area contributed by atoms with Crippen molar-refractivity contribution < 1.29 is 39.5 Å². The number of nitrogens with zero attached hydrogens (tertiary/aromatic N) is 3. The number of guanidine groups is 2. The van der Waals surface area contributed by atoms with Crippen LogP contribution >= 0.6 is 0 Å². The predicted octanol–water partition coefficient (Wildman–Crippen LogP) is 4.85. The molecular formula is C17H16F9N5. The molecule has 0 unspecified atom stereocenters. The van der Waals surface area contributed by atoms with Gasteiger partial charge in [-0.3, -0.25) is 4.90 Å². The molecule has 0 bridgehead atoms. The van der Waals surface area contributed by atoms with E-state index in [0.29, 0.717) is 24.2 Å². The fourth-order valence-electron chi connectivity index (χ4n) is 3.92. The molecule has 1 heterocycles. The molecule has 0 radical (unpaired) electrons. The summed E-state index contributed by atoms with van der Waals surface area (Å²) in [6.07, 6.45) is -15.2. The minimum atomic E-state index is -5.57. The number of aliphatic imine (C=N–C) groups is 2. The molecule has 1 aromatic rings. The second-order valence-corrected chi connectivity index (χ2v) is 7.23. The molecular weight excluding hydrogens is 445 g/mol. The topological polar surface area (TPSA) is 80.0 Å². The van der Waals surface area contributed by atoms with Crippen LogP contribution in [0.4, 0.5) is 45.2 Å². The second kappa shape index (κ2) is 7.19. The average molecular weight is 461 g/mol. The lowest BCUT2D eigenvalue weighted by Gasteiger charge is -2.47. The maximum Gasteiger partial charge on any atom is 0.418 e. The lowest BCUT2D eigenvalue weighted by molar-refractivity contribution is -0.147. The minimum absolute atomic E-state index is 0.0143. The fraction of sp³-hybridized carbons (Fsp3) is 0.529. The van der Waals surface area contributed by atoms with Gasteiger partial charge < -0.3 is 11.5 Å². The van der Waals surface area contributed by atoms with Gasteiger partial charge >= 0.3 is 18.5 Å². The van der Waals surface area contributed by atoms with Crippen LogP contribution in [0.1, 0.15) is 48.8 Å². The Labute approximate surface area is 169 Å². The third-order valence-corrected chi connectivity index (χ3v) is 5.12. The monoisotopic (exact) mass is 461 g/mol. The van der Waals surface area contributed by atoms with E-state index in [9.17, 15) is 39.5 Å². The predicted molar refractivity (Wildman–Crippen MR) is 93.0 cm³/mol. The summed E-state index contributed by atoms with van der Waals surface area (Å²) in [7, 11) is 0. The Bertz CT molecular complexity index is 886. The largest absolute Gasteiger partial charge is 0.418 e. The molecule has 2 aliphatic rings. The fourth-order valence-corrected chi connectivity index (χ4v) is 3.92. The normalized spacial score (nSPS) is 20.0. The summed E-state index contributed by atoms with van der Waals surface area (Å²) in [5.41, 5.74) is 1.59. The van der Waals surface area contributed by atoms with Crippen LogP contribution in [0.25, 0.3) is 0 Å². The summed E-state index contributed by atoms with van der Waals surface area (Å²) in [5.74, 6) is -1.25. The number of alkyl halides is 9. The van der Waals surface area contributed by atoms with Crippen LogP contribution in [-0.2, 0) is 18.5 Å². The van der Waals surface area contributed by atoms with Gasteiger partial charge in [-0.25, -0.2) is 4.99 Å². The lowest BCUT2D eigenvalue weighted by atomic mass is 9.86. The van der Waals surface area contributed by atoms with Crippen LogP contribution in [0.3, 0.4) is 0 Å². The molecule has 5 nitrogen and oxygen atoms in total. The Hall–Kier alpha value is -2.67. The van der Waals surface area contributed by atoms with Crippen LogP contribution in [0.5, 0.6) is 0 Å². The molecule has 1 spiro atoms. The maximum atomic E-state index is 13.8. The van der Waals surface area contributed by atoms with Crippen molar-refractivity contribution in [3.63, 3.8) is 0 Å². The van der Waals surface area contributed by atoms with Crippen molar-refractivity contribution in [3.8, 4) is 0 Å². The van der Waals surface area contributed by atoms with Crippen molar-refractivity contribution in [3.05, 3.63) is 28.8 Å². The van der Waals surface area contributed by atoms with Crippen LogP contribution in [0.2, 0.25) is 0 Å². The van der Waals surface area contributed by atoms with Crippen molar-refractivity contribution in [2.45, 2.75) is 56.3 Å². The van der Waals surface area contributed by atoms with Crippen molar-refractivity contribution in [1.82, 2.24) is 0 Å². The standard InChI is InChI=1S/C17H16F9N5/c18-15(19,20)8-6-9(16(21,22)23)11(10(7-8)17(24,25)26)31-13(28)29-12(27)30-14(31)4-2-1-3-5-14/h6-7H,1-5H2,(H4,27,28,29,30). The zero-order valence-corrected chi connectivity index (χ0v) is 15.6. The first kappa shape index (κ1) is 23.0. The molecule has 3 rings (SSSR count). The van der Waals surface area contributed by atoms with E-state index in [1.807, 2.05) is 0 Å². The molecule has 1 saturated carbocycles. The highest BCUT2D eigenvalue weighted by Gasteiger charge is 2.51. The Morgan fingerprint density at radius 3 is 1.68 bits per heavy atom. The van der Waals surface area contributed by atoms with Gasteiger partial charge in [0, 0.05) is 0 Å². The first-order chi connectivity index (χ1) is 14.1. The molecule has 31 heavy (non-hydrogen) atoms. The SMILES string of the molecule is NC1=NC2(CCCCC2)N(c2c(C(F)(F)F)cc(C(F)(F)F)cc2C(F)(F)F)C(N)=N1. The molecule has 1 fully saturated rings. The smallest absolute Gasteiger partial charge is 0.369 e. The van der Waals surface area contributed by atoms with Crippen LogP contribution in [0.15, 0.2) is 22.1 Å². The number of halogens is 9. The zero-order chi connectivity index (χ0) is 23.4. The van der Waals surface area contributed by atoms with E-state index >= 15 is 0 Å². The van der Waals surface area contributed by atoms with Gasteiger partial charge in [-0.05, 0) is 37.8 Å². The van der Waals surface area contributed by atoms with Crippen LogP contribution in [-0.4, -0.2) is 17.6 Å². The van der Waals surface area contributed by atoms with E-state index in [1.54, 1.807) is 0 Å². The highest BCUT2D eigenvalue weighted by molar-refractivity contribution is 6.06. The Morgan fingerprint density at radius 2 is 1.26 bits per heavy atom. The van der Waals surface area contributed by atoms with Gasteiger partial charge in [0.15, 0.2) is 0 Å². The van der Waals surface area contributed by atoms with Crippen molar-refractivity contribution >= 4 is 17.6 Å². The molecule has 1 aromatic carbocycles. The third-order valence-electron chi connectivity index (χ3n) is 5.12. The minimum Gasteiger partial charge on any atom is -0.369 e. The number of hydrogen-bond donors (Lipinski definition) is 2. The van der Waals surface area contributed by atoms with Crippen molar-refractivity contribution in [2.24, 2.45) is 21.5 Å². The van der Waals surface area contributed by atoms with E-state index in [-0.39, 0.29) is 25.0 Å². The molecule has 4 N–H and O–H groups in total. The molecule has 0 amide bonds. The van der Waals surface area contributed by atoms with Gasteiger partial charge in [0.1, 0.15) is 5.66 Å². The van der Waals surface area contributed by atoms with Crippen LogP contribution in [0, 0.1) is 0 Å². The lowest BCUT2D eigenvalue weighted by Crippen LogP contribution is -2.59. The molecule has 0 aromatic heterocycles. The van der Waals surface area contributed by atoms with Gasteiger partial charge in [-0.15, -0.1) is 0 Å². The Balaban J connectivity index is 2.41. The molecule has 14 heteroatoms. The number of nitrogens with two attached hydrogens (primary N) is 2. The van der Waals surface area contributed by atoms with Crippen molar-refractivity contribution in [1.29, 1.82) is 0 Å². The first-order valence-corrected chi connectivity index (χ1v) is 8.96. The molecule has 0 saturated heterocycles. The van der Waals surface area contributed by atoms with Crippen LogP contribution < -0.4 is 16.4 Å². The first-order valence-electron chi connectivity index (χ1n) is 8.96. The number of hydrogen-bond acceptors (Lipinski definition) is 5. The maximum absolute atomic E-state index is 13.8. The summed E-state index contributed by atoms with van der Waals surface area (Å²) in [4.78, 5) is 7.93. The summed E-state index contributed by atoms with van der Waals surface area (Å²) in [6, 6.07) is -0.730. The summed E-state index contributed by atoms with van der Waals surface area (Å²) < 4.78 is 122. The third kappa shape index (κ3) is 4.24. The summed E-state index contributed by atoms with van der Waals surface area (Å²) in [6.45, 7) is 0. The molecule has 1 aliphatic carbocycles. The Kier molecular flexibility index (Phi) is 5.34. The number of anilines is 1. The van der Waals surface area contributed by atoms with Gasteiger partial charge in [0.25, 0.3) is 0 Å². The van der Waals surface area contributed by atoms with E-state index in [0.717, 1.165) is 0 Å². The summed E-state index contributed by atoms with van der Waals surface area (Å²) >= 11 is 0. The van der Waals surface area contributed by atoms with Crippen molar-refractivity contribution in [2.75, 3.05) is 4.90 Å². The van der Waals surface area contributed by atoms with E-state index in [2.05, 4.69) is 9.98 Å². The molecule has 172 valence electrons. The molecule has 1 aliphatic heterocycles. The van der Waals surface area contributed by atoms with Gasteiger partial charge in [0.2, 0.25) is 11.9 Å². The zero-order valence-electron chi connectivity index (χ0n) is 15.6. The second-order valence-electron chi connectivity index (χ2n) is 7.23. The molecule has 0 atom stereocenters. The number of rotatable bonds is 1. The average Bonchev–Trinajstić information content (AvgIpc) is 2.58. The highest BCUT2D eigenvalue weighted by atomic mass is 19.4. The van der Waals surface area contributed by atoms with E-state index < -0.39 is 58.5 Å². The van der Waals surface area contributed by atoms with Gasteiger partial charge in [0.05, 0.1) is 22.4 Å². The van der Waals surface area contributed by atoms with E-state index in [1.165, 1.54) is 0 Å². The van der Waals surface area contributed by atoms with Gasteiger partial charge in [-0.1, -0.05) is 6.42 Å². The quantitative estimate of drug-likeness (QED) is 0.587. The van der Waals surface area contributed by atoms with Gasteiger partial charge in [-0.2, -0.15) is 44.5 Å². The summed E-state index contributed by atoms with van der Waals surface area (Å²) in [5, 5.41) is 0. The van der Waals surface area contributed by atoms with E-state index in [4.69, 9.17) is 11.5 Å².